The molecule has 18 heavy (non-hydrogen) atoms. The van der Waals surface area contributed by atoms with Gasteiger partial charge in [0.25, 0.3) is 5.91 Å². The Morgan fingerprint density at radius 2 is 2.22 bits per heavy atom. The second-order valence-corrected chi connectivity index (χ2v) is 4.57. The minimum absolute atomic E-state index is 0.194. The fraction of sp³-hybridized carbons (Fsp3) is 0.385. The molecule has 1 atom stereocenters. The molecule has 2 rings (SSSR count). The van der Waals surface area contributed by atoms with E-state index in [9.17, 15) is 4.79 Å². The van der Waals surface area contributed by atoms with Gasteiger partial charge in [-0.2, -0.15) is 0 Å². The zero-order valence-corrected chi connectivity index (χ0v) is 10.8. The van der Waals surface area contributed by atoms with Gasteiger partial charge in [0, 0.05) is 18.7 Å². The molecule has 0 saturated carbocycles. The Bertz CT molecular complexity index is 416. The van der Waals surface area contributed by atoms with Crippen molar-refractivity contribution in [3.63, 3.8) is 0 Å². The summed E-state index contributed by atoms with van der Waals surface area (Å²) < 4.78 is 5.46. The Hall–Kier alpha value is -1.46. The van der Waals surface area contributed by atoms with Crippen molar-refractivity contribution >= 4 is 23.2 Å². The number of hydrogen-bond donors (Lipinski definition) is 2. The molecule has 1 amide bonds. The summed E-state index contributed by atoms with van der Waals surface area (Å²) in [5, 5.41) is 5.99. The smallest absolute Gasteiger partial charge is 0.257 e. The van der Waals surface area contributed by atoms with Gasteiger partial charge < -0.3 is 10.1 Å². The van der Waals surface area contributed by atoms with E-state index in [-0.39, 0.29) is 12.0 Å². The van der Waals surface area contributed by atoms with Crippen molar-refractivity contribution in [3.8, 4) is 0 Å². The van der Waals surface area contributed by atoms with Gasteiger partial charge in [0.2, 0.25) is 0 Å². The lowest BCUT2D eigenvalue weighted by molar-refractivity contribution is 0.0973. The fourth-order valence-electron chi connectivity index (χ4n) is 1.82. The molecule has 0 radical (unpaired) electrons. The minimum atomic E-state index is -0.194. The van der Waals surface area contributed by atoms with Crippen molar-refractivity contribution in [2.45, 2.75) is 18.9 Å². The van der Waals surface area contributed by atoms with Crippen LogP contribution < -0.4 is 10.6 Å². The maximum absolute atomic E-state index is 11.8. The van der Waals surface area contributed by atoms with Crippen LogP contribution in [0.2, 0.25) is 0 Å². The average molecular weight is 266 g/mol. The fourth-order valence-corrected chi connectivity index (χ4v) is 2.00. The van der Waals surface area contributed by atoms with Gasteiger partial charge in [-0.25, -0.2) is 0 Å². The lowest BCUT2D eigenvalue weighted by Crippen LogP contribution is -2.42. The molecule has 1 unspecified atom stereocenters. The van der Waals surface area contributed by atoms with Gasteiger partial charge in [-0.3, -0.25) is 10.1 Å². The Balaban J connectivity index is 1.75. The van der Waals surface area contributed by atoms with Crippen LogP contribution in [0.3, 0.4) is 0 Å². The summed E-state index contributed by atoms with van der Waals surface area (Å²) in [6.07, 6.45) is 2.34. The number of amides is 1. The van der Waals surface area contributed by atoms with Crippen molar-refractivity contribution < 1.29 is 9.53 Å². The number of carbonyl (C=O) groups is 1. The molecule has 0 bridgehead atoms. The van der Waals surface area contributed by atoms with E-state index in [0.29, 0.717) is 17.2 Å². The number of carbonyl (C=O) groups excluding carboxylic acids is 1. The van der Waals surface area contributed by atoms with E-state index in [4.69, 9.17) is 17.0 Å². The highest BCUT2D eigenvalue weighted by atomic mass is 32.1. The summed E-state index contributed by atoms with van der Waals surface area (Å²) >= 11 is 5.07. The molecule has 5 heteroatoms. The molecular formula is C13H16N2O2S. The molecule has 1 heterocycles. The van der Waals surface area contributed by atoms with Gasteiger partial charge >= 0.3 is 0 Å². The second kappa shape index (κ2) is 6.47. The van der Waals surface area contributed by atoms with Crippen LogP contribution in [0.15, 0.2) is 30.3 Å². The standard InChI is InChI=1S/C13H16N2O2S/c16-12(10-5-2-1-3-6-10)15-13(18)14-9-11-7-4-8-17-11/h1-3,5-6,11H,4,7-9H2,(H2,14,15,16,18)/i13+2. The van der Waals surface area contributed by atoms with Gasteiger partial charge in [-0.1, -0.05) is 18.2 Å². The van der Waals surface area contributed by atoms with E-state index >= 15 is 0 Å². The quantitative estimate of drug-likeness (QED) is 0.814. The number of nitrogens with one attached hydrogen (secondary N) is 2. The number of ether oxygens (including phenoxy) is 1. The van der Waals surface area contributed by atoms with Crippen molar-refractivity contribution in [3.05, 3.63) is 35.9 Å². The van der Waals surface area contributed by atoms with E-state index in [1.165, 1.54) is 0 Å². The highest BCUT2D eigenvalue weighted by molar-refractivity contribution is 7.80. The molecule has 1 aromatic carbocycles. The summed E-state index contributed by atoms with van der Waals surface area (Å²) in [6.45, 7) is 1.46. The first-order valence-electron chi connectivity index (χ1n) is 6.01. The Labute approximate surface area is 112 Å². The molecule has 1 aliphatic rings. The van der Waals surface area contributed by atoms with Crippen LogP contribution in [0.25, 0.3) is 0 Å². The monoisotopic (exact) mass is 266 g/mol. The maximum atomic E-state index is 11.8. The predicted octanol–water partition coefficient (Wildman–Crippen LogP) is 1.47. The summed E-state index contributed by atoms with van der Waals surface area (Å²) in [6, 6.07) is 9.00. The van der Waals surface area contributed by atoms with Crippen LogP contribution in [0, 0.1) is 0 Å². The largest absolute Gasteiger partial charge is 0.376 e. The van der Waals surface area contributed by atoms with Crippen molar-refractivity contribution in [2.24, 2.45) is 0 Å². The summed E-state index contributed by atoms with van der Waals surface area (Å²) in [5.41, 5.74) is 0.596. The highest BCUT2D eigenvalue weighted by Crippen LogP contribution is 2.10. The minimum Gasteiger partial charge on any atom is -0.376 e. The third kappa shape index (κ3) is 3.78. The number of hydrogen-bond acceptors (Lipinski definition) is 3. The van der Waals surface area contributed by atoms with Crippen LogP contribution in [0.1, 0.15) is 23.2 Å². The first kappa shape index (κ1) is 13.0. The average Bonchev–Trinajstić information content (AvgIpc) is 2.90. The number of rotatable bonds is 3. The molecule has 96 valence electrons. The molecule has 1 saturated heterocycles. The van der Waals surface area contributed by atoms with Gasteiger partial charge in [0.1, 0.15) is 0 Å². The molecule has 2 N–H and O–H groups in total. The van der Waals surface area contributed by atoms with Crippen LogP contribution in [-0.2, 0) is 4.74 Å². The molecule has 1 fully saturated rings. The summed E-state index contributed by atoms with van der Waals surface area (Å²) in [4.78, 5) is 11.8. The van der Waals surface area contributed by atoms with Crippen molar-refractivity contribution in [1.29, 1.82) is 0 Å². The predicted molar refractivity (Wildman–Crippen MR) is 73.5 cm³/mol. The highest BCUT2D eigenvalue weighted by Gasteiger charge is 2.15. The normalized spacial score (nSPS) is 18.3. The molecule has 0 aromatic heterocycles. The molecule has 4 nitrogen and oxygen atoms in total. The zero-order valence-electron chi connectivity index (χ0n) is 10.0. The van der Waals surface area contributed by atoms with Crippen LogP contribution in [0.4, 0.5) is 0 Å². The SMILES string of the molecule is O=C(N[14C](=S)NCC1CCCO1)c1ccccc1. The first-order valence-corrected chi connectivity index (χ1v) is 6.42. The van der Waals surface area contributed by atoms with Crippen LogP contribution in [0.5, 0.6) is 0 Å². The Kier molecular flexibility index (Phi) is 4.66. The molecule has 1 aliphatic heterocycles. The van der Waals surface area contributed by atoms with Crippen LogP contribution >= 0.6 is 12.2 Å². The Morgan fingerprint density at radius 1 is 1.44 bits per heavy atom. The second-order valence-electron chi connectivity index (χ2n) is 4.17. The van der Waals surface area contributed by atoms with Gasteiger partial charge in [0.15, 0.2) is 5.11 Å². The van der Waals surface area contributed by atoms with E-state index < -0.39 is 0 Å². The van der Waals surface area contributed by atoms with Crippen LogP contribution in [-0.4, -0.2) is 30.3 Å². The van der Waals surface area contributed by atoms with E-state index in [1.54, 1.807) is 12.1 Å². The zero-order chi connectivity index (χ0) is 12.8. The van der Waals surface area contributed by atoms with E-state index in [1.807, 2.05) is 18.2 Å². The molecular weight excluding hydrogens is 250 g/mol. The maximum Gasteiger partial charge on any atom is 0.257 e. The topological polar surface area (TPSA) is 50.4 Å². The van der Waals surface area contributed by atoms with Gasteiger partial charge in [-0.15, -0.1) is 0 Å². The third-order valence-electron chi connectivity index (χ3n) is 2.78. The first-order chi connectivity index (χ1) is 8.75. The van der Waals surface area contributed by atoms with Gasteiger partial charge in [0.05, 0.1) is 6.10 Å². The van der Waals surface area contributed by atoms with Gasteiger partial charge in [-0.05, 0) is 37.2 Å². The van der Waals surface area contributed by atoms with E-state index in [2.05, 4.69) is 10.6 Å². The lowest BCUT2D eigenvalue weighted by atomic mass is 10.2. The summed E-state index contributed by atoms with van der Waals surface area (Å²) in [7, 11) is 0. The number of thiocarbonyl (C=S) groups is 1. The van der Waals surface area contributed by atoms with Crippen molar-refractivity contribution in [2.75, 3.05) is 13.2 Å². The third-order valence-corrected chi connectivity index (χ3v) is 3.02. The molecule has 0 aliphatic carbocycles. The summed E-state index contributed by atoms with van der Waals surface area (Å²) in [5.74, 6) is -0.194. The Morgan fingerprint density at radius 3 is 2.89 bits per heavy atom. The van der Waals surface area contributed by atoms with E-state index in [0.717, 1.165) is 19.4 Å². The molecule has 1 aromatic rings. The lowest BCUT2D eigenvalue weighted by Gasteiger charge is -2.13. The van der Waals surface area contributed by atoms with Crippen molar-refractivity contribution in [1.82, 2.24) is 10.6 Å². The molecule has 0 spiro atoms. The number of benzene rings is 1.